The molecule has 0 saturated carbocycles. The van der Waals surface area contributed by atoms with Crippen molar-refractivity contribution < 1.29 is 14.6 Å². The average molecular weight is 337 g/mol. The first-order valence-corrected chi connectivity index (χ1v) is 7.99. The molecule has 1 heterocycles. The molecule has 1 saturated heterocycles. The van der Waals surface area contributed by atoms with Crippen molar-refractivity contribution >= 4 is 11.7 Å². The third-order valence-corrected chi connectivity index (χ3v) is 4.50. The van der Waals surface area contributed by atoms with E-state index in [9.17, 15) is 15.2 Å². The van der Waals surface area contributed by atoms with Crippen LogP contribution in [0.25, 0.3) is 0 Å². The molecule has 6 heteroatoms. The second-order valence-corrected chi connectivity index (χ2v) is 5.80. The van der Waals surface area contributed by atoms with E-state index in [0.29, 0.717) is 11.4 Å². The summed E-state index contributed by atoms with van der Waals surface area (Å²) in [5.41, 5.74) is 1.46. The summed E-state index contributed by atoms with van der Waals surface area (Å²) in [4.78, 5) is 14.1. The number of carbonyl (C=O) groups is 1. The molecule has 2 aromatic carbocycles. The van der Waals surface area contributed by atoms with Crippen LogP contribution in [0.1, 0.15) is 11.5 Å². The van der Waals surface area contributed by atoms with Gasteiger partial charge in [0.1, 0.15) is 11.8 Å². The fourth-order valence-corrected chi connectivity index (χ4v) is 3.29. The standard InChI is InChI=1S/C19H19N3O3/c1-25-17-10-6-5-9-14(17)21-19(24)22-15(11-20)18(16(22)12-23)13-7-3-2-4-8-13/h2-10,15-16,18,23H,12H2,1H3,(H,21,24)/t15-,16+,18-/m1/s1. The lowest BCUT2D eigenvalue weighted by Gasteiger charge is -2.51. The maximum absolute atomic E-state index is 12.7. The largest absolute Gasteiger partial charge is 0.495 e. The summed E-state index contributed by atoms with van der Waals surface area (Å²) in [6, 6.07) is 17.2. The lowest BCUT2D eigenvalue weighted by Crippen LogP contribution is -2.66. The smallest absolute Gasteiger partial charge is 0.323 e. The van der Waals surface area contributed by atoms with E-state index in [2.05, 4.69) is 11.4 Å². The van der Waals surface area contributed by atoms with Crippen LogP contribution in [-0.2, 0) is 0 Å². The molecule has 3 atom stereocenters. The summed E-state index contributed by atoms with van der Waals surface area (Å²) in [6.07, 6.45) is 0. The van der Waals surface area contributed by atoms with Gasteiger partial charge < -0.3 is 20.1 Å². The number of likely N-dealkylation sites (tertiary alicyclic amines) is 1. The molecule has 0 bridgehead atoms. The van der Waals surface area contributed by atoms with Gasteiger partial charge in [-0.1, -0.05) is 42.5 Å². The van der Waals surface area contributed by atoms with Gasteiger partial charge in [0.25, 0.3) is 0 Å². The summed E-state index contributed by atoms with van der Waals surface area (Å²) in [7, 11) is 1.52. The third kappa shape index (κ3) is 3.02. The highest BCUT2D eigenvalue weighted by Crippen LogP contribution is 2.40. The van der Waals surface area contributed by atoms with Crippen LogP contribution in [0.5, 0.6) is 5.75 Å². The number of benzene rings is 2. The van der Waals surface area contributed by atoms with Crippen LogP contribution in [0.2, 0.25) is 0 Å². The number of hydrogen-bond acceptors (Lipinski definition) is 4. The van der Waals surface area contributed by atoms with E-state index in [4.69, 9.17) is 4.74 Å². The van der Waals surface area contributed by atoms with Crippen molar-refractivity contribution in [3.63, 3.8) is 0 Å². The zero-order chi connectivity index (χ0) is 17.8. The number of ether oxygens (including phenoxy) is 1. The third-order valence-electron chi connectivity index (χ3n) is 4.50. The maximum Gasteiger partial charge on any atom is 0.323 e. The van der Waals surface area contributed by atoms with E-state index in [1.54, 1.807) is 24.3 Å². The van der Waals surface area contributed by atoms with Crippen LogP contribution in [-0.4, -0.2) is 41.8 Å². The molecular formula is C19H19N3O3. The molecule has 25 heavy (non-hydrogen) atoms. The lowest BCUT2D eigenvalue weighted by atomic mass is 9.76. The molecule has 0 spiro atoms. The normalized spacial score (nSPS) is 21.8. The van der Waals surface area contributed by atoms with Gasteiger partial charge in [-0.05, 0) is 17.7 Å². The molecule has 2 N–H and O–H groups in total. The number of hydrogen-bond donors (Lipinski definition) is 2. The van der Waals surface area contributed by atoms with Crippen molar-refractivity contribution in [2.24, 2.45) is 0 Å². The summed E-state index contributed by atoms with van der Waals surface area (Å²) in [6.45, 7) is -0.211. The van der Waals surface area contributed by atoms with Crippen molar-refractivity contribution in [2.45, 2.75) is 18.0 Å². The van der Waals surface area contributed by atoms with Gasteiger partial charge in [-0.2, -0.15) is 5.26 Å². The molecule has 1 aliphatic heterocycles. The fourth-order valence-electron chi connectivity index (χ4n) is 3.29. The van der Waals surface area contributed by atoms with Crippen molar-refractivity contribution in [1.29, 1.82) is 5.26 Å². The molecule has 1 aliphatic rings. The van der Waals surface area contributed by atoms with E-state index in [0.717, 1.165) is 5.56 Å². The number of methoxy groups -OCH3 is 1. The first-order chi connectivity index (χ1) is 12.2. The average Bonchev–Trinajstić information content (AvgIpc) is 2.63. The quantitative estimate of drug-likeness (QED) is 0.898. The van der Waals surface area contributed by atoms with Crippen LogP contribution < -0.4 is 10.1 Å². The van der Waals surface area contributed by atoms with E-state index in [1.165, 1.54) is 12.0 Å². The number of rotatable bonds is 4. The second kappa shape index (κ2) is 7.24. The van der Waals surface area contributed by atoms with Crippen molar-refractivity contribution in [3.05, 3.63) is 60.2 Å². The van der Waals surface area contributed by atoms with E-state index < -0.39 is 18.1 Å². The van der Waals surface area contributed by atoms with E-state index in [-0.39, 0.29) is 12.5 Å². The van der Waals surface area contributed by atoms with Gasteiger partial charge >= 0.3 is 6.03 Å². The minimum atomic E-state index is -0.630. The highest BCUT2D eigenvalue weighted by molar-refractivity contribution is 5.92. The zero-order valence-electron chi connectivity index (χ0n) is 13.8. The van der Waals surface area contributed by atoms with Gasteiger partial charge in [-0.25, -0.2) is 4.79 Å². The highest BCUT2D eigenvalue weighted by Gasteiger charge is 2.51. The number of nitrogens with one attached hydrogen (secondary N) is 1. The first-order valence-electron chi connectivity index (χ1n) is 7.99. The van der Waals surface area contributed by atoms with E-state index >= 15 is 0 Å². The Hall–Kier alpha value is -3.04. The van der Waals surface area contributed by atoms with Gasteiger partial charge in [0.05, 0.1) is 31.5 Å². The molecule has 2 aromatic rings. The molecular weight excluding hydrogens is 318 g/mol. The molecule has 6 nitrogen and oxygen atoms in total. The number of para-hydroxylation sites is 2. The molecule has 0 radical (unpaired) electrons. The summed E-state index contributed by atoms with van der Waals surface area (Å²) in [5.74, 6) is 0.324. The van der Waals surface area contributed by atoms with Crippen LogP contribution in [0, 0.1) is 11.3 Å². The maximum atomic E-state index is 12.7. The number of urea groups is 1. The molecule has 2 amide bonds. The van der Waals surface area contributed by atoms with Gasteiger partial charge in [0.15, 0.2) is 0 Å². The Labute approximate surface area is 146 Å². The minimum absolute atomic E-state index is 0.209. The number of aliphatic hydroxyl groups is 1. The molecule has 128 valence electrons. The second-order valence-electron chi connectivity index (χ2n) is 5.80. The predicted molar refractivity (Wildman–Crippen MR) is 93.3 cm³/mol. The van der Waals surface area contributed by atoms with Crippen LogP contribution >= 0.6 is 0 Å². The van der Waals surface area contributed by atoms with Gasteiger partial charge in [-0.3, -0.25) is 0 Å². The van der Waals surface area contributed by atoms with E-state index in [1.807, 2.05) is 30.3 Å². The van der Waals surface area contributed by atoms with Crippen LogP contribution in [0.4, 0.5) is 10.5 Å². The van der Waals surface area contributed by atoms with Crippen molar-refractivity contribution in [1.82, 2.24) is 4.90 Å². The fraction of sp³-hybridized carbons (Fsp3) is 0.263. The van der Waals surface area contributed by atoms with Gasteiger partial charge in [0.2, 0.25) is 0 Å². The SMILES string of the molecule is COc1ccccc1NC(=O)N1[C@H](C#N)[C@@H](c2ccccc2)[C@@H]1CO. The molecule has 0 aliphatic carbocycles. The number of aliphatic hydroxyl groups excluding tert-OH is 1. The van der Waals surface area contributed by atoms with Crippen molar-refractivity contribution in [3.8, 4) is 11.8 Å². The Kier molecular flexibility index (Phi) is 4.87. The molecule has 0 unspecified atom stereocenters. The summed E-state index contributed by atoms with van der Waals surface area (Å²) in [5, 5.41) is 22.1. The first kappa shape index (κ1) is 16.8. The minimum Gasteiger partial charge on any atom is -0.495 e. The Morgan fingerprint density at radius 1 is 1.24 bits per heavy atom. The molecule has 0 aromatic heterocycles. The lowest BCUT2D eigenvalue weighted by molar-refractivity contribution is 0.0223. The number of anilines is 1. The Bertz CT molecular complexity index is 788. The van der Waals surface area contributed by atoms with Crippen LogP contribution in [0.3, 0.4) is 0 Å². The van der Waals surface area contributed by atoms with Crippen molar-refractivity contribution in [2.75, 3.05) is 19.0 Å². The number of nitriles is 1. The monoisotopic (exact) mass is 337 g/mol. The Balaban J connectivity index is 1.82. The van der Waals surface area contributed by atoms with Gasteiger partial charge in [-0.15, -0.1) is 0 Å². The number of amides is 2. The highest BCUT2D eigenvalue weighted by atomic mass is 16.5. The summed E-state index contributed by atoms with van der Waals surface area (Å²) < 4.78 is 5.23. The predicted octanol–water partition coefficient (Wildman–Crippen LogP) is 2.58. The summed E-state index contributed by atoms with van der Waals surface area (Å²) >= 11 is 0. The Morgan fingerprint density at radius 3 is 2.56 bits per heavy atom. The molecule has 1 fully saturated rings. The Morgan fingerprint density at radius 2 is 1.92 bits per heavy atom. The van der Waals surface area contributed by atoms with Crippen LogP contribution in [0.15, 0.2) is 54.6 Å². The number of nitrogens with zero attached hydrogens (tertiary/aromatic N) is 2. The number of carbonyl (C=O) groups excluding carboxylic acids is 1. The zero-order valence-corrected chi connectivity index (χ0v) is 13.8. The topological polar surface area (TPSA) is 85.6 Å². The van der Waals surface area contributed by atoms with Gasteiger partial charge in [0, 0.05) is 5.92 Å². The molecule has 3 rings (SSSR count).